The number of benzene rings is 1. The molecule has 0 aliphatic rings. The normalized spacial score (nSPS) is 12.5. The fourth-order valence-electron chi connectivity index (χ4n) is 4.35. The maximum atomic E-state index is 13.5. The summed E-state index contributed by atoms with van der Waals surface area (Å²) in [6.45, 7) is 3.81. The first-order chi connectivity index (χ1) is 19.7. The number of aromatic nitrogens is 5. The standard InChI is InChI=1S/C29H27N7O5/c1-18-8-7-11-21(32-18)17-36(3)26(37)20-14-22(24-31-12-13-39-24)33-23(15-20)25-34-35-27(40-25)29(2,41-28(30)38)16-19-9-5-4-6-10-19/h4-15H,16-17H2,1-3H3,(H2,30,38)/t29-/m1/s1. The van der Waals surface area contributed by atoms with Gasteiger partial charge in [0.25, 0.3) is 17.7 Å². The Bertz CT molecular complexity index is 1670. The topological polar surface area (TPSA) is 163 Å². The molecule has 0 aliphatic carbocycles. The molecule has 0 aliphatic heterocycles. The van der Waals surface area contributed by atoms with E-state index in [-0.39, 0.29) is 41.4 Å². The molecule has 5 rings (SSSR count). The average molecular weight is 554 g/mol. The van der Waals surface area contributed by atoms with E-state index in [1.165, 1.54) is 23.4 Å². The van der Waals surface area contributed by atoms with Crippen molar-refractivity contribution in [3.05, 3.63) is 102 Å². The van der Waals surface area contributed by atoms with E-state index in [1.54, 1.807) is 20.0 Å². The summed E-state index contributed by atoms with van der Waals surface area (Å²) < 4.78 is 16.9. The maximum absolute atomic E-state index is 13.5. The van der Waals surface area contributed by atoms with Crippen molar-refractivity contribution in [2.75, 3.05) is 7.05 Å². The van der Waals surface area contributed by atoms with Crippen LogP contribution in [0.25, 0.3) is 23.2 Å². The lowest BCUT2D eigenvalue weighted by Gasteiger charge is -2.25. The minimum absolute atomic E-state index is 0.00202. The summed E-state index contributed by atoms with van der Waals surface area (Å²) in [4.78, 5) is 40.0. The van der Waals surface area contributed by atoms with Gasteiger partial charge in [0, 0.05) is 24.7 Å². The molecule has 2 amide bonds. The Labute approximate surface area is 235 Å². The van der Waals surface area contributed by atoms with Crippen molar-refractivity contribution in [1.29, 1.82) is 0 Å². The fourth-order valence-corrected chi connectivity index (χ4v) is 4.35. The number of carbonyl (C=O) groups is 2. The predicted molar refractivity (Wildman–Crippen MR) is 146 cm³/mol. The molecule has 12 heteroatoms. The number of rotatable bonds is 9. The van der Waals surface area contributed by atoms with Crippen molar-refractivity contribution < 1.29 is 23.2 Å². The molecule has 0 unspecified atom stereocenters. The van der Waals surface area contributed by atoms with Crippen LogP contribution in [-0.4, -0.2) is 49.1 Å². The van der Waals surface area contributed by atoms with E-state index in [9.17, 15) is 9.59 Å². The second kappa shape index (κ2) is 11.4. The third-order valence-electron chi connectivity index (χ3n) is 6.22. The lowest BCUT2D eigenvalue weighted by molar-refractivity contribution is 0.00732. The second-order valence-corrected chi connectivity index (χ2v) is 9.62. The van der Waals surface area contributed by atoms with E-state index < -0.39 is 11.7 Å². The number of primary amides is 1. The van der Waals surface area contributed by atoms with Crippen LogP contribution in [0.15, 0.2) is 82.0 Å². The van der Waals surface area contributed by atoms with E-state index in [1.807, 2.05) is 55.5 Å². The molecule has 1 aromatic carbocycles. The van der Waals surface area contributed by atoms with Gasteiger partial charge in [-0.25, -0.2) is 14.8 Å². The number of nitrogens with two attached hydrogens (primary N) is 1. The molecular weight excluding hydrogens is 526 g/mol. The van der Waals surface area contributed by atoms with Crippen LogP contribution in [-0.2, 0) is 23.3 Å². The SMILES string of the molecule is Cc1cccc(CN(C)C(=O)c2cc(-c3ncco3)nc(-c3nnc([C@@](C)(Cc4ccccc4)OC(N)=O)o3)c2)n1. The highest BCUT2D eigenvalue weighted by Crippen LogP contribution is 2.32. The molecule has 5 aromatic rings. The van der Waals surface area contributed by atoms with Gasteiger partial charge in [-0.05, 0) is 43.7 Å². The first-order valence-corrected chi connectivity index (χ1v) is 12.7. The van der Waals surface area contributed by atoms with Crippen LogP contribution in [0, 0.1) is 6.92 Å². The van der Waals surface area contributed by atoms with Crippen LogP contribution in [0.2, 0.25) is 0 Å². The summed E-state index contributed by atoms with van der Waals surface area (Å²) >= 11 is 0. The average Bonchev–Trinajstić information content (AvgIpc) is 3.66. The molecule has 0 saturated heterocycles. The summed E-state index contributed by atoms with van der Waals surface area (Å²) in [7, 11) is 1.68. The molecule has 208 valence electrons. The summed E-state index contributed by atoms with van der Waals surface area (Å²) in [6.07, 6.45) is 2.11. The van der Waals surface area contributed by atoms with Gasteiger partial charge in [0.2, 0.25) is 5.89 Å². The Morgan fingerprint density at radius 1 is 1.00 bits per heavy atom. The monoisotopic (exact) mass is 553 g/mol. The van der Waals surface area contributed by atoms with Crippen molar-refractivity contribution >= 4 is 12.0 Å². The van der Waals surface area contributed by atoms with Gasteiger partial charge in [-0.15, -0.1) is 10.2 Å². The molecule has 2 N–H and O–H groups in total. The third-order valence-corrected chi connectivity index (χ3v) is 6.22. The van der Waals surface area contributed by atoms with E-state index in [2.05, 4.69) is 25.1 Å². The molecule has 1 atom stereocenters. The van der Waals surface area contributed by atoms with Crippen molar-refractivity contribution in [2.45, 2.75) is 32.4 Å². The minimum atomic E-state index is -1.36. The van der Waals surface area contributed by atoms with Gasteiger partial charge in [-0.1, -0.05) is 36.4 Å². The van der Waals surface area contributed by atoms with Crippen LogP contribution < -0.4 is 5.73 Å². The zero-order chi connectivity index (χ0) is 29.0. The van der Waals surface area contributed by atoms with Gasteiger partial charge in [0.1, 0.15) is 17.7 Å². The summed E-state index contributed by atoms with van der Waals surface area (Å²) in [5.41, 5.74) is 7.26. The fraction of sp³-hybridized carbons (Fsp3) is 0.207. The van der Waals surface area contributed by atoms with Crippen LogP contribution in [0.4, 0.5) is 4.79 Å². The van der Waals surface area contributed by atoms with Crippen molar-refractivity contribution in [3.8, 4) is 23.2 Å². The van der Waals surface area contributed by atoms with Crippen LogP contribution in [0.3, 0.4) is 0 Å². The molecule has 12 nitrogen and oxygen atoms in total. The molecule has 0 saturated carbocycles. The Balaban J connectivity index is 1.50. The molecular formula is C29H27N7O5. The van der Waals surface area contributed by atoms with E-state index in [4.69, 9.17) is 19.3 Å². The predicted octanol–water partition coefficient (Wildman–Crippen LogP) is 4.32. The van der Waals surface area contributed by atoms with Gasteiger partial charge >= 0.3 is 6.09 Å². The zero-order valence-electron chi connectivity index (χ0n) is 22.6. The first kappa shape index (κ1) is 27.2. The number of carbonyl (C=O) groups excluding carboxylic acids is 2. The Hall–Kier alpha value is -5.39. The quantitative estimate of drug-likeness (QED) is 0.278. The van der Waals surface area contributed by atoms with Crippen LogP contribution in [0.5, 0.6) is 0 Å². The lowest BCUT2D eigenvalue weighted by Crippen LogP contribution is -2.34. The molecule has 0 radical (unpaired) electrons. The molecule has 0 spiro atoms. The number of ether oxygens (including phenoxy) is 1. The zero-order valence-corrected chi connectivity index (χ0v) is 22.6. The Kier molecular flexibility index (Phi) is 7.55. The minimum Gasteiger partial charge on any atom is -0.443 e. The second-order valence-electron chi connectivity index (χ2n) is 9.62. The Morgan fingerprint density at radius 2 is 1.76 bits per heavy atom. The van der Waals surface area contributed by atoms with Gasteiger partial charge < -0.3 is 24.2 Å². The third kappa shape index (κ3) is 6.27. The van der Waals surface area contributed by atoms with Crippen molar-refractivity contribution in [1.82, 2.24) is 30.0 Å². The van der Waals surface area contributed by atoms with Gasteiger partial charge in [0.05, 0.1) is 18.4 Å². The first-order valence-electron chi connectivity index (χ1n) is 12.7. The highest BCUT2D eigenvalue weighted by atomic mass is 16.6. The number of amides is 2. The summed E-state index contributed by atoms with van der Waals surface area (Å²) in [5, 5.41) is 8.30. The number of oxazole rings is 1. The van der Waals surface area contributed by atoms with Crippen molar-refractivity contribution in [3.63, 3.8) is 0 Å². The molecule has 0 fully saturated rings. The largest absolute Gasteiger partial charge is 0.443 e. The molecule has 0 bridgehead atoms. The van der Waals surface area contributed by atoms with E-state index >= 15 is 0 Å². The number of hydrogen-bond acceptors (Lipinski definition) is 10. The Morgan fingerprint density at radius 3 is 2.44 bits per heavy atom. The summed E-state index contributed by atoms with van der Waals surface area (Å²) in [6, 6.07) is 18.1. The van der Waals surface area contributed by atoms with E-state index in [0.717, 1.165) is 17.0 Å². The summed E-state index contributed by atoms with van der Waals surface area (Å²) in [5.74, 6) is -0.0862. The number of aryl methyl sites for hydroxylation is 1. The van der Waals surface area contributed by atoms with E-state index in [0.29, 0.717) is 12.1 Å². The smallest absolute Gasteiger partial charge is 0.405 e. The lowest BCUT2D eigenvalue weighted by atomic mass is 9.96. The van der Waals surface area contributed by atoms with Gasteiger partial charge in [0.15, 0.2) is 5.60 Å². The number of hydrogen-bond donors (Lipinski definition) is 1. The number of nitrogens with zero attached hydrogens (tertiary/aromatic N) is 6. The van der Waals surface area contributed by atoms with Crippen LogP contribution >= 0.6 is 0 Å². The molecule has 4 aromatic heterocycles. The maximum Gasteiger partial charge on any atom is 0.405 e. The van der Waals surface area contributed by atoms with Gasteiger partial charge in [-0.3, -0.25) is 9.78 Å². The molecule has 41 heavy (non-hydrogen) atoms. The highest BCUT2D eigenvalue weighted by Gasteiger charge is 2.37. The van der Waals surface area contributed by atoms with Gasteiger partial charge in [-0.2, -0.15) is 0 Å². The molecule has 4 heterocycles. The number of pyridine rings is 2. The van der Waals surface area contributed by atoms with Crippen LogP contribution in [0.1, 0.15) is 40.1 Å². The highest BCUT2D eigenvalue weighted by molar-refractivity contribution is 5.95. The van der Waals surface area contributed by atoms with Crippen molar-refractivity contribution in [2.24, 2.45) is 5.73 Å².